The molecule has 0 aliphatic rings. The van der Waals surface area contributed by atoms with E-state index in [1.807, 2.05) is 0 Å². The van der Waals surface area contributed by atoms with Gasteiger partial charge in [-0.3, -0.25) is 4.79 Å². The molecule has 0 amide bonds. The van der Waals surface area contributed by atoms with Crippen molar-refractivity contribution in [2.75, 3.05) is 19.8 Å². The zero-order valence-electron chi connectivity index (χ0n) is 10.8. The lowest BCUT2D eigenvalue weighted by molar-refractivity contribution is -0.149. The molecule has 0 bridgehead atoms. The standard InChI is InChI=1S/C12H25NO3/c1-4-9-15-10-7-6-8-12(3,13)11(14)16-5-2/h4-10,13H2,1-3H3. The van der Waals surface area contributed by atoms with E-state index in [4.69, 9.17) is 15.2 Å². The Morgan fingerprint density at radius 2 is 1.94 bits per heavy atom. The topological polar surface area (TPSA) is 61.5 Å². The third-order valence-electron chi connectivity index (χ3n) is 2.32. The van der Waals surface area contributed by atoms with E-state index in [-0.39, 0.29) is 5.97 Å². The van der Waals surface area contributed by atoms with E-state index in [0.717, 1.165) is 32.5 Å². The lowest BCUT2D eigenvalue weighted by Crippen LogP contribution is -2.46. The summed E-state index contributed by atoms with van der Waals surface area (Å²) < 4.78 is 10.3. The molecule has 0 heterocycles. The molecule has 0 aromatic rings. The van der Waals surface area contributed by atoms with Gasteiger partial charge in [-0.25, -0.2) is 0 Å². The van der Waals surface area contributed by atoms with Gasteiger partial charge in [-0.1, -0.05) is 6.92 Å². The number of carbonyl (C=O) groups excluding carboxylic acids is 1. The fourth-order valence-electron chi connectivity index (χ4n) is 1.34. The number of esters is 1. The van der Waals surface area contributed by atoms with Gasteiger partial charge in [0, 0.05) is 13.2 Å². The number of nitrogens with two attached hydrogens (primary N) is 1. The first-order valence-corrected chi connectivity index (χ1v) is 6.08. The Morgan fingerprint density at radius 1 is 1.25 bits per heavy atom. The Hall–Kier alpha value is -0.610. The van der Waals surface area contributed by atoms with Crippen LogP contribution in [0.15, 0.2) is 0 Å². The van der Waals surface area contributed by atoms with Gasteiger partial charge in [0.25, 0.3) is 0 Å². The zero-order chi connectivity index (χ0) is 12.4. The second-order valence-corrected chi connectivity index (χ2v) is 4.21. The van der Waals surface area contributed by atoms with Crippen molar-refractivity contribution in [1.29, 1.82) is 0 Å². The second-order valence-electron chi connectivity index (χ2n) is 4.21. The molecule has 0 saturated carbocycles. The van der Waals surface area contributed by atoms with Gasteiger partial charge in [0.05, 0.1) is 6.61 Å². The highest BCUT2D eigenvalue weighted by Gasteiger charge is 2.28. The molecule has 0 aliphatic heterocycles. The third-order valence-corrected chi connectivity index (χ3v) is 2.32. The molecular weight excluding hydrogens is 206 g/mol. The molecule has 0 saturated heterocycles. The van der Waals surface area contributed by atoms with E-state index in [2.05, 4.69) is 6.92 Å². The van der Waals surface area contributed by atoms with Crippen molar-refractivity contribution in [3.05, 3.63) is 0 Å². The molecule has 0 aromatic heterocycles. The monoisotopic (exact) mass is 231 g/mol. The van der Waals surface area contributed by atoms with E-state index < -0.39 is 5.54 Å². The molecule has 0 fully saturated rings. The van der Waals surface area contributed by atoms with Crippen LogP contribution in [0.1, 0.15) is 46.5 Å². The van der Waals surface area contributed by atoms with Gasteiger partial charge in [0.15, 0.2) is 0 Å². The smallest absolute Gasteiger partial charge is 0.325 e. The van der Waals surface area contributed by atoms with Crippen molar-refractivity contribution in [3.63, 3.8) is 0 Å². The van der Waals surface area contributed by atoms with E-state index in [9.17, 15) is 4.79 Å². The molecule has 0 aliphatic carbocycles. The van der Waals surface area contributed by atoms with Crippen LogP contribution in [0.5, 0.6) is 0 Å². The molecule has 0 aromatic carbocycles. The SMILES string of the molecule is CCCOCCCCC(C)(N)C(=O)OCC. The van der Waals surface area contributed by atoms with E-state index >= 15 is 0 Å². The summed E-state index contributed by atoms with van der Waals surface area (Å²) >= 11 is 0. The average Bonchev–Trinajstić information content (AvgIpc) is 2.23. The van der Waals surface area contributed by atoms with Crippen LogP contribution >= 0.6 is 0 Å². The first kappa shape index (κ1) is 15.4. The minimum absolute atomic E-state index is 0.315. The molecule has 0 spiro atoms. The van der Waals surface area contributed by atoms with Gasteiger partial charge in [-0.05, 0) is 39.5 Å². The molecule has 1 atom stereocenters. The number of ether oxygens (including phenoxy) is 2. The first-order valence-electron chi connectivity index (χ1n) is 6.08. The molecule has 2 N–H and O–H groups in total. The van der Waals surface area contributed by atoms with Gasteiger partial charge in [0.1, 0.15) is 5.54 Å². The van der Waals surface area contributed by atoms with E-state index in [0.29, 0.717) is 13.0 Å². The van der Waals surface area contributed by atoms with Crippen LogP contribution < -0.4 is 5.73 Å². The van der Waals surface area contributed by atoms with Crippen molar-refractivity contribution in [1.82, 2.24) is 0 Å². The lowest BCUT2D eigenvalue weighted by Gasteiger charge is -2.21. The number of hydrogen-bond donors (Lipinski definition) is 1. The summed E-state index contributed by atoms with van der Waals surface area (Å²) in [5.41, 5.74) is 5.01. The molecule has 4 heteroatoms. The van der Waals surface area contributed by atoms with Crippen LogP contribution in [-0.4, -0.2) is 31.3 Å². The first-order chi connectivity index (χ1) is 7.54. The Labute approximate surface area is 98.5 Å². The molecule has 0 rings (SSSR count). The van der Waals surface area contributed by atoms with Gasteiger partial charge in [-0.2, -0.15) is 0 Å². The predicted octanol–water partition coefficient (Wildman–Crippen LogP) is 1.86. The van der Waals surface area contributed by atoms with Crippen molar-refractivity contribution >= 4 is 5.97 Å². The summed E-state index contributed by atoms with van der Waals surface area (Å²) in [6.45, 7) is 7.51. The van der Waals surface area contributed by atoms with Gasteiger partial charge >= 0.3 is 5.97 Å². The van der Waals surface area contributed by atoms with Crippen LogP contribution in [0.25, 0.3) is 0 Å². The molecule has 0 radical (unpaired) electrons. The maximum atomic E-state index is 11.5. The van der Waals surface area contributed by atoms with E-state index in [1.165, 1.54) is 0 Å². The number of rotatable bonds is 9. The van der Waals surface area contributed by atoms with Crippen molar-refractivity contribution < 1.29 is 14.3 Å². The molecule has 1 unspecified atom stereocenters. The van der Waals surface area contributed by atoms with Crippen LogP contribution in [0.2, 0.25) is 0 Å². The second kappa shape index (κ2) is 8.53. The summed E-state index contributed by atoms with van der Waals surface area (Å²) in [5.74, 6) is -0.315. The van der Waals surface area contributed by atoms with Gasteiger partial charge in [0.2, 0.25) is 0 Å². The Bertz CT molecular complexity index is 193. The van der Waals surface area contributed by atoms with Crippen LogP contribution in [0.3, 0.4) is 0 Å². The average molecular weight is 231 g/mol. The van der Waals surface area contributed by atoms with Crippen LogP contribution in [-0.2, 0) is 14.3 Å². The molecule has 4 nitrogen and oxygen atoms in total. The quantitative estimate of drug-likeness (QED) is 0.486. The molecule has 16 heavy (non-hydrogen) atoms. The van der Waals surface area contributed by atoms with Crippen molar-refractivity contribution in [3.8, 4) is 0 Å². The third kappa shape index (κ3) is 6.80. The summed E-state index contributed by atoms with van der Waals surface area (Å²) in [7, 11) is 0. The zero-order valence-corrected chi connectivity index (χ0v) is 10.8. The van der Waals surface area contributed by atoms with Gasteiger partial charge in [-0.15, -0.1) is 0 Å². The number of unbranched alkanes of at least 4 members (excludes halogenated alkanes) is 1. The van der Waals surface area contributed by atoms with Gasteiger partial charge < -0.3 is 15.2 Å². The van der Waals surface area contributed by atoms with Crippen LogP contribution in [0, 0.1) is 0 Å². The van der Waals surface area contributed by atoms with Crippen molar-refractivity contribution in [2.45, 2.75) is 52.0 Å². The maximum absolute atomic E-state index is 11.5. The van der Waals surface area contributed by atoms with Crippen LogP contribution in [0.4, 0.5) is 0 Å². The number of hydrogen-bond acceptors (Lipinski definition) is 4. The van der Waals surface area contributed by atoms with E-state index in [1.54, 1.807) is 13.8 Å². The minimum Gasteiger partial charge on any atom is -0.465 e. The highest BCUT2D eigenvalue weighted by Crippen LogP contribution is 2.12. The Morgan fingerprint density at radius 3 is 2.50 bits per heavy atom. The normalized spacial score (nSPS) is 14.5. The Kier molecular flexibility index (Phi) is 8.21. The summed E-state index contributed by atoms with van der Waals surface area (Å²) in [4.78, 5) is 11.5. The highest BCUT2D eigenvalue weighted by atomic mass is 16.5. The summed E-state index contributed by atoms with van der Waals surface area (Å²) in [5, 5.41) is 0. The number of carbonyl (C=O) groups is 1. The molecule has 96 valence electrons. The summed E-state index contributed by atoms with van der Waals surface area (Å²) in [6.07, 6.45) is 3.50. The lowest BCUT2D eigenvalue weighted by atomic mass is 9.96. The maximum Gasteiger partial charge on any atom is 0.325 e. The minimum atomic E-state index is -0.860. The van der Waals surface area contributed by atoms with Crippen molar-refractivity contribution in [2.24, 2.45) is 5.73 Å². The molecular formula is C12H25NO3. The Balaban J connectivity index is 3.61. The fraction of sp³-hybridized carbons (Fsp3) is 0.917. The largest absolute Gasteiger partial charge is 0.465 e. The predicted molar refractivity (Wildman–Crippen MR) is 64.2 cm³/mol. The fourth-order valence-corrected chi connectivity index (χ4v) is 1.34. The summed E-state index contributed by atoms with van der Waals surface area (Å²) in [6, 6.07) is 0. The highest BCUT2D eigenvalue weighted by molar-refractivity contribution is 5.79.